The van der Waals surface area contributed by atoms with Gasteiger partial charge in [-0.1, -0.05) is 19.1 Å². The summed E-state index contributed by atoms with van der Waals surface area (Å²) in [5, 5.41) is 4.13. The number of aryl methyl sites for hydroxylation is 1. The maximum Gasteiger partial charge on any atom is 0.231 e. The lowest BCUT2D eigenvalue weighted by atomic mass is 10.1. The van der Waals surface area contributed by atoms with Gasteiger partial charge < -0.3 is 4.90 Å². The standard InChI is InChI=1S/C16H19N3OS/c1-12-9-19(14-5-3-4-6-15(14)21-11-12)16(20)7-13-8-17-18(2)10-13/h3-6,8,10,12H,7,9,11H2,1-2H3. The third kappa shape index (κ3) is 3.13. The molecule has 0 aliphatic carbocycles. The van der Waals surface area contributed by atoms with Crippen LogP contribution in [0, 0.1) is 5.92 Å². The van der Waals surface area contributed by atoms with Crippen molar-refractivity contribution in [3.8, 4) is 0 Å². The minimum atomic E-state index is 0.143. The summed E-state index contributed by atoms with van der Waals surface area (Å²) in [6, 6.07) is 8.18. The molecule has 0 bridgehead atoms. The summed E-state index contributed by atoms with van der Waals surface area (Å²) in [6.45, 7) is 2.98. The van der Waals surface area contributed by atoms with Crippen LogP contribution < -0.4 is 4.90 Å². The molecule has 4 nitrogen and oxygen atoms in total. The van der Waals surface area contributed by atoms with Crippen LogP contribution in [0.4, 0.5) is 5.69 Å². The minimum Gasteiger partial charge on any atom is -0.311 e. The number of carbonyl (C=O) groups is 1. The number of rotatable bonds is 2. The highest BCUT2D eigenvalue weighted by atomic mass is 32.2. The van der Waals surface area contributed by atoms with E-state index in [1.807, 2.05) is 48.1 Å². The summed E-state index contributed by atoms with van der Waals surface area (Å²) in [5.74, 6) is 1.68. The maximum absolute atomic E-state index is 12.7. The number of para-hydroxylation sites is 1. The van der Waals surface area contributed by atoms with Crippen LogP contribution in [0.2, 0.25) is 0 Å². The number of aromatic nitrogens is 2. The molecular formula is C16H19N3OS. The predicted octanol–water partition coefficient (Wildman–Crippen LogP) is 2.74. The van der Waals surface area contributed by atoms with E-state index in [4.69, 9.17) is 0 Å². The van der Waals surface area contributed by atoms with E-state index in [0.29, 0.717) is 12.3 Å². The number of fused-ring (bicyclic) bond motifs is 1. The molecule has 1 unspecified atom stereocenters. The Morgan fingerprint density at radius 2 is 2.24 bits per heavy atom. The van der Waals surface area contributed by atoms with Crippen LogP contribution >= 0.6 is 11.8 Å². The molecule has 0 saturated heterocycles. The fraction of sp³-hybridized carbons (Fsp3) is 0.375. The first kappa shape index (κ1) is 14.2. The molecule has 0 saturated carbocycles. The minimum absolute atomic E-state index is 0.143. The van der Waals surface area contributed by atoms with Gasteiger partial charge in [0, 0.05) is 30.4 Å². The SMILES string of the molecule is CC1CSc2ccccc2N(C(=O)Cc2cnn(C)c2)C1. The number of anilines is 1. The molecular weight excluding hydrogens is 282 g/mol. The monoisotopic (exact) mass is 301 g/mol. The van der Waals surface area contributed by atoms with Crippen molar-refractivity contribution >= 4 is 23.4 Å². The summed E-state index contributed by atoms with van der Waals surface area (Å²) in [5.41, 5.74) is 2.00. The number of thioether (sulfide) groups is 1. The highest BCUT2D eigenvalue weighted by molar-refractivity contribution is 7.99. The molecule has 1 atom stereocenters. The van der Waals surface area contributed by atoms with Gasteiger partial charge in [-0.25, -0.2) is 0 Å². The molecule has 1 aromatic heterocycles. The van der Waals surface area contributed by atoms with Crippen LogP contribution in [-0.4, -0.2) is 28.0 Å². The summed E-state index contributed by atoms with van der Waals surface area (Å²) in [6.07, 6.45) is 4.07. The molecule has 21 heavy (non-hydrogen) atoms. The number of amides is 1. The van der Waals surface area contributed by atoms with Crippen LogP contribution in [0.1, 0.15) is 12.5 Å². The van der Waals surface area contributed by atoms with Gasteiger partial charge in [-0.15, -0.1) is 11.8 Å². The van der Waals surface area contributed by atoms with Gasteiger partial charge >= 0.3 is 0 Å². The van der Waals surface area contributed by atoms with Crippen molar-refractivity contribution in [3.05, 3.63) is 42.2 Å². The van der Waals surface area contributed by atoms with Crippen LogP contribution in [0.15, 0.2) is 41.6 Å². The normalized spacial score (nSPS) is 18.2. The van der Waals surface area contributed by atoms with Crippen molar-refractivity contribution in [1.82, 2.24) is 9.78 Å². The highest BCUT2D eigenvalue weighted by Crippen LogP contribution is 2.35. The van der Waals surface area contributed by atoms with Crippen LogP contribution in [0.3, 0.4) is 0 Å². The molecule has 0 N–H and O–H groups in total. The van der Waals surface area contributed by atoms with Crippen molar-refractivity contribution in [3.63, 3.8) is 0 Å². The van der Waals surface area contributed by atoms with Gasteiger partial charge in [0.1, 0.15) is 0 Å². The Labute approximate surface area is 129 Å². The summed E-state index contributed by atoms with van der Waals surface area (Å²) in [7, 11) is 1.87. The van der Waals surface area contributed by atoms with E-state index in [-0.39, 0.29) is 5.91 Å². The second-order valence-corrected chi connectivity index (χ2v) is 6.65. The number of hydrogen-bond donors (Lipinski definition) is 0. The zero-order valence-corrected chi connectivity index (χ0v) is 13.1. The number of benzene rings is 1. The fourth-order valence-corrected chi connectivity index (χ4v) is 3.64. The zero-order valence-electron chi connectivity index (χ0n) is 12.3. The van der Waals surface area contributed by atoms with Gasteiger partial charge in [-0.2, -0.15) is 5.10 Å². The van der Waals surface area contributed by atoms with Gasteiger partial charge in [0.2, 0.25) is 5.91 Å². The first-order chi connectivity index (χ1) is 10.1. The predicted molar refractivity (Wildman–Crippen MR) is 85.6 cm³/mol. The Bertz CT molecular complexity index is 652. The van der Waals surface area contributed by atoms with Gasteiger partial charge in [0.05, 0.1) is 18.3 Å². The molecule has 5 heteroatoms. The molecule has 2 aromatic rings. The topological polar surface area (TPSA) is 38.1 Å². The molecule has 1 amide bonds. The lowest BCUT2D eigenvalue weighted by Crippen LogP contribution is -2.35. The second-order valence-electron chi connectivity index (χ2n) is 5.59. The molecule has 110 valence electrons. The van der Waals surface area contributed by atoms with Gasteiger partial charge in [-0.3, -0.25) is 9.48 Å². The quantitative estimate of drug-likeness (QED) is 0.856. The average Bonchev–Trinajstić information content (AvgIpc) is 2.79. The molecule has 0 fully saturated rings. The third-order valence-corrected chi connectivity index (χ3v) is 4.98. The molecule has 1 aromatic carbocycles. The highest BCUT2D eigenvalue weighted by Gasteiger charge is 2.24. The summed E-state index contributed by atoms with van der Waals surface area (Å²) in [4.78, 5) is 15.9. The van der Waals surface area contributed by atoms with E-state index in [9.17, 15) is 4.79 Å². The molecule has 0 radical (unpaired) electrons. The third-order valence-electron chi connectivity index (χ3n) is 3.59. The van der Waals surface area contributed by atoms with Gasteiger partial charge in [-0.05, 0) is 23.6 Å². The van der Waals surface area contributed by atoms with E-state index in [1.165, 1.54) is 4.90 Å². The van der Waals surface area contributed by atoms with Crippen LogP contribution in [-0.2, 0) is 18.3 Å². The molecule has 2 heterocycles. The molecule has 0 spiro atoms. The van der Waals surface area contributed by atoms with E-state index < -0.39 is 0 Å². The summed E-state index contributed by atoms with van der Waals surface area (Å²) >= 11 is 1.84. The van der Waals surface area contributed by atoms with Crippen LogP contribution in [0.25, 0.3) is 0 Å². The van der Waals surface area contributed by atoms with Crippen molar-refractivity contribution in [2.75, 3.05) is 17.2 Å². The average molecular weight is 301 g/mol. The molecule has 1 aliphatic rings. The van der Waals surface area contributed by atoms with Gasteiger partial charge in [0.25, 0.3) is 0 Å². The Morgan fingerprint density at radius 1 is 1.43 bits per heavy atom. The second kappa shape index (κ2) is 5.93. The Balaban J connectivity index is 1.86. The first-order valence-corrected chi connectivity index (χ1v) is 8.12. The Kier molecular flexibility index (Phi) is 4.01. The largest absolute Gasteiger partial charge is 0.311 e. The van der Waals surface area contributed by atoms with E-state index in [1.54, 1.807) is 10.9 Å². The number of carbonyl (C=O) groups excluding carboxylic acids is 1. The fourth-order valence-electron chi connectivity index (χ4n) is 2.57. The van der Waals surface area contributed by atoms with E-state index in [0.717, 1.165) is 23.5 Å². The lowest BCUT2D eigenvalue weighted by molar-refractivity contribution is -0.118. The molecule has 3 rings (SSSR count). The first-order valence-electron chi connectivity index (χ1n) is 7.13. The van der Waals surface area contributed by atoms with Crippen molar-refractivity contribution in [2.24, 2.45) is 13.0 Å². The number of nitrogens with zero attached hydrogens (tertiary/aromatic N) is 3. The maximum atomic E-state index is 12.7. The Hall–Kier alpha value is -1.75. The van der Waals surface area contributed by atoms with Gasteiger partial charge in [0.15, 0.2) is 0 Å². The number of hydrogen-bond acceptors (Lipinski definition) is 3. The van der Waals surface area contributed by atoms with Crippen molar-refractivity contribution < 1.29 is 4.79 Å². The molecule has 1 aliphatic heterocycles. The van der Waals surface area contributed by atoms with Crippen molar-refractivity contribution in [2.45, 2.75) is 18.2 Å². The van der Waals surface area contributed by atoms with E-state index in [2.05, 4.69) is 18.1 Å². The smallest absolute Gasteiger partial charge is 0.231 e. The van der Waals surface area contributed by atoms with Crippen molar-refractivity contribution in [1.29, 1.82) is 0 Å². The van der Waals surface area contributed by atoms with E-state index >= 15 is 0 Å². The lowest BCUT2D eigenvalue weighted by Gasteiger charge is -2.24. The Morgan fingerprint density at radius 3 is 3.00 bits per heavy atom. The summed E-state index contributed by atoms with van der Waals surface area (Å²) < 4.78 is 1.73. The van der Waals surface area contributed by atoms with Crippen LogP contribution in [0.5, 0.6) is 0 Å². The zero-order chi connectivity index (χ0) is 14.8.